The van der Waals surface area contributed by atoms with Crippen molar-refractivity contribution in [2.75, 3.05) is 14.2 Å². The average Bonchev–Trinajstić information content (AvgIpc) is 2.37. The highest BCUT2D eigenvalue weighted by atomic mass is 35.5. The zero-order valence-electron chi connectivity index (χ0n) is 9.87. The molecule has 0 amide bonds. The van der Waals surface area contributed by atoms with E-state index in [1.54, 1.807) is 0 Å². The summed E-state index contributed by atoms with van der Waals surface area (Å²) in [5.41, 5.74) is -0.133. The van der Waals surface area contributed by atoms with Crippen molar-refractivity contribution >= 4 is 17.6 Å². The van der Waals surface area contributed by atoms with Crippen LogP contribution in [0.3, 0.4) is 0 Å². The van der Waals surface area contributed by atoms with Gasteiger partial charge in [-0.1, -0.05) is 0 Å². The van der Waals surface area contributed by atoms with E-state index in [0.29, 0.717) is 5.56 Å². The molecule has 0 saturated carbocycles. The molecule has 0 N–H and O–H groups in total. The topological polar surface area (TPSA) is 48.4 Å². The van der Waals surface area contributed by atoms with Gasteiger partial charge in [-0.2, -0.15) is 0 Å². The minimum Gasteiger partial charge on any atom is -0.496 e. The lowest BCUT2D eigenvalue weighted by Crippen LogP contribution is -2.11. The number of methoxy groups -OCH3 is 2. The number of esters is 1. The number of alkyl halides is 3. The molecule has 0 saturated heterocycles. The maximum absolute atomic E-state index is 13.0. The third kappa shape index (κ3) is 3.07. The van der Waals surface area contributed by atoms with E-state index >= 15 is 0 Å². The van der Waals surface area contributed by atoms with E-state index in [1.165, 1.54) is 20.4 Å². The first kappa shape index (κ1) is 14.6. The molecule has 0 bridgehead atoms. The van der Waals surface area contributed by atoms with Gasteiger partial charge in [0.1, 0.15) is 5.75 Å². The largest absolute Gasteiger partial charge is 0.496 e. The van der Waals surface area contributed by atoms with E-state index < -0.39 is 18.0 Å². The molecule has 7 heteroatoms. The standard InChI is InChI=1S/C11H12ClF2NO3/c1-17-8(16)3-7-9(11(13)14)10(18-2)6(4-12)5-15-7/h5,11H,3-4H2,1-2H3. The van der Waals surface area contributed by atoms with Gasteiger partial charge < -0.3 is 9.47 Å². The summed E-state index contributed by atoms with van der Waals surface area (Å²) in [6.45, 7) is 0. The molecule has 0 aliphatic rings. The van der Waals surface area contributed by atoms with Crippen molar-refractivity contribution in [3.05, 3.63) is 23.0 Å². The summed E-state index contributed by atoms with van der Waals surface area (Å²) in [5, 5.41) is 0. The molecule has 1 rings (SSSR count). The van der Waals surface area contributed by atoms with Crippen LogP contribution in [0.4, 0.5) is 8.78 Å². The second-order valence-corrected chi connectivity index (χ2v) is 3.63. The maximum Gasteiger partial charge on any atom is 0.311 e. The van der Waals surface area contributed by atoms with Crippen LogP contribution in [0.1, 0.15) is 23.2 Å². The van der Waals surface area contributed by atoms with Crippen LogP contribution in [-0.2, 0) is 21.8 Å². The molecule has 100 valence electrons. The highest BCUT2D eigenvalue weighted by molar-refractivity contribution is 6.17. The minimum absolute atomic E-state index is 0.00556. The Balaban J connectivity index is 3.30. The van der Waals surface area contributed by atoms with Crippen LogP contribution in [-0.4, -0.2) is 25.2 Å². The Morgan fingerprint density at radius 3 is 2.61 bits per heavy atom. The van der Waals surface area contributed by atoms with Crippen molar-refractivity contribution in [3.8, 4) is 5.75 Å². The van der Waals surface area contributed by atoms with Gasteiger partial charge in [0.15, 0.2) is 0 Å². The number of hydrogen-bond acceptors (Lipinski definition) is 4. The predicted octanol–water partition coefficient (Wildman–Crippen LogP) is 2.48. The summed E-state index contributed by atoms with van der Waals surface area (Å²) >= 11 is 5.62. The van der Waals surface area contributed by atoms with E-state index in [1.807, 2.05) is 0 Å². The van der Waals surface area contributed by atoms with Gasteiger partial charge in [0.25, 0.3) is 6.43 Å². The quantitative estimate of drug-likeness (QED) is 0.614. The van der Waals surface area contributed by atoms with Crippen LogP contribution in [0.2, 0.25) is 0 Å². The lowest BCUT2D eigenvalue weighted by Gasteiger charge is -2.14. The summed E-state index contributed by atoms with van der Waals surface area (Å²) in [5.74, 6) is -0.687. The summed E-state index contributed by atoms with van der Waals surface area (Å²) in [6, 6.07) is 0. The van der Waals surface area contributed by atoms with Gasteiger partial charge in [-0.25, -0.2) is 8.78 Å². The normalized spacial score (nSPS) is 10.6. The molecule has 0 spiro atoms. The first-order valence-electron chi connectivity index (χ1n) is 5.00. The second-order valence-electron chi connectivity index (χ2n) is 3.36. The third-order valence-electron chi connectivity index (χ3n) is 2.33. The van der Waals surface area contributed by atoms with Crippen LogP contribution >= 0.6 is 11.6 Å². The fraction of sp³-hybridized carbons (Fsp3) is 0.455. The molecule has 0 aliphatic carbocycles. The van der Waals surface area contributed by atoms with Gasteiger partial charge in [0.2, 0.25) is 0 Å². The van der Waals surface area contributed by atoms with E-state index in [4.69, 9.17) is 16.3 Å². The number of nitrogens with zero attached hydrogens (tertiary/aromatic N) is 1. The zero-order chi connectivity index (χ0) is 13.7. The first-order valence-corrected chi connectivity index (χ1v) is 5.54. The van der Waals surface area contributed by atoms with Crippen LogP contribution in [0.15, 0.2) is 6.20 Å². The van der Waals surface area contributed by atoms with Crippen molar-refractivity contribution in [2.45, 2.75) is 18.7 Å². The average molecular weight is 280 g/mol. The van der Waals surface area contributed by atoms with Gasteiger partial charge in [0.05, 0.1) is 37.8 Å². The van der Waals surface area contributed by atoms with Gasteiger partial charge in [-0.3, -0.25) is 9.78 Å². The number of hydrogen-bond donors (Lipinski definition) is 0. The Kier molecular flexibility index (Phi) is 5.27. The molecule has 0 aliphatic heterocycles. The lowest BCUT2D eigenvalue weighted by atomic mass is 10.1. The Bertz CT molecular complexity index is 441. The number of carbonyl (C=O) groups excluding carboxylic acids is 1. The Morgan fingerprint density at radius 2 is 2.17 bits per heavy atom. The molecule has 4 nitrogen and oxygen atoms in total. The number of halogens is 3. The lowest BCUT2D eigenvalue weighted by molar-refractivity contribution is -0.139. The third-order valence-corrected chi connectivity index (χ3v) is 2.62. The molecule has 1 heterocycles. The zero-order valence-corrected chi connectivity index (χ0v) is 10.6. The van der Waals surface area contributed by atoms with Crippen molar-refractivity contribution in [3.63, 3.8) is 0 Å². The van der Waals surface area contributed by atoms with E-state index in [2.05, 4.69) is 9.72 Å². The highest BCUT2D eigenvalue weighted by Gasteiger charge is 2.24. The molecule has 0 fully saturated rings. The summed E-state index contributed by atoms with van der Waals surface area (Å²) < 4.78 is 35.4. The van der Waals surface area contributed by atoms with Gasteiger partial charge >= 0.3 is 5.97 Å². The number of aromatic nitrogens is 1. The molecule has 18 heavy (non-hydrogen) atoms. The van der Waals surface area contributed by atoms with E-state index in [0.717, 1.165) is 0 Å². The summed E-state index contributed by atoms with van der Waals surface area (Å²) in [7, 11) is 2.44. The molecule has 0 atom stereocenters. The van der Waals surface area contributed by atoms with E-state index in [9.17, 15) is 13.6 Å². The Labute approximate surface area is 108 Å². The van der Waals surface area contributed by atoms with Crippen LogP contribution in [0.25, 0.3) is 0 Å². The van der Waals surface area contributed by atoms with Crippen LogP contribution < -0.4 is 4.74 Å². The molecule has 1 aromatic rings. The van der Waals surface area contributed by atoms with Crippen molar-refractivity contribution in [1.82, 2.24) is 4.98 Å². The Morgan fingerprint density at radius 1 is 1.50 bits per heavy atom. The maximum atomic E-state index is 13.0. The van der Waals surface area contributed by atoms with Crippen molar-refractivity contribution < 1.29 is 23.0 Å². The summed E-state index contributed by atoms with van der Waals surface area (Å²) in [4.78, 5) is 15.0. The van der Waals surface area contributed by atoms with Gasteiger partial charge in [-0.15, -0.1) is 11.6 Å². The van der Waals surface area contributed by atoms with Crippen LogP contribution in [0.5, 0.6) is 5.75 Å². The van der Waals surface area contributed by atoms with Gasteiger partial charge in [0, 0.05) is 11.8 Å². The molecule has 0 unspecified atom stereocenters. The molecule has 0 radical (unpaired) electrons. The highest BCUT2D eigenvalue weighted by Crippen LogP contribution is 2.35. The smallest absolute Gasteiger partial charge is 0.311 e. The summed E-state index contributed by atoms with van der Waals surface area (Å²) in [6.07, 6.45) is -1.83. The fourth-order valence-electron chi connectivity index (χ4n) is 1.50. The Hall–Kier alpha value is -1.43. The molecule has 0 aromatic carbocycles. The number of ether oxygens (including phenoxy) is 2. The SMILES string of the molecule is COC(=O)Cc1ncc(CCl)c(OC)c1C(F)F. The van der Waals surface area contributed by atoms with Gasteiger partial charge in [-0.05, 0) is 0 Å². The monoisotopic (exact) mass is 279 g/mol. The minimum atomic E-state index is -2.81. The number of pyridine rings is 1. The van der Waals surface area contributed by atoms with E-state index in [-0.39, 0.29) is 23.7 Å². The predicted molar refractivity (Wildman–Crippen MR) is 61.0 cm³/mol. The number of carbonyl (C=O) groups is 1. The van der Waals surface area contributed by atoms with Crippen molar-refractivity contribution in [1.29, 1.82) is 0 Å². The van der Waals surface area contributed by atoms with Crippen LogP contribution in [0, 0.1) is 0 Å². The van der Waals surface area contributed by atoms with Crippen molar-refractivity contribution in [2.24, 2.45) is 0 Å². The molecule has 1 aromatic heterocycles. The second kappa shape index (κ2) is 6.49. The molecular weight excluding hydrogens is 268 g/mol. The fourth-order valence-corrected chi connectivity index (χ4v) is 1.69. The first-order chi connectivity index (χ1) is 8.54. The number of rotatable bonds is 5. The molecular formula is C11H12ClF2NO3.